The average Bonchev–Trinajstić information content (AvgIpc) is 3.53. The fourth-order valence-electron chi connectivity index (χ4n) is 3.13. The maximum absolute atomic E-state index is 10.4. The number of nitrogens with one attached hydrogen (secondary N) is 3. The van der Waals surface area contributed by atoms with E-state index in [2.05, 4.69) is 37.7 Å². The molecule has 0 radical (unpaired) electrons. The van der Waals surface area contributed by atoms with Crippen molar-refractivity contribution < 1.29 is 93.0 Å². The molecule has 0 saturated heterocycles. The Morgan fingerprint density at radius 2 is 1.50 bits per heavy atom. The summed E-state index contributed by atoms with van der Waals surface area (Å²) in [7, 11) is 1.80. The van der Waals surface area contributed by atoms with E-state index >= 15 is 0 Å². The van der Waals surface area contributed by atoms with Gasteiger partial charge in [0.25, 0.3) is 0 Å². The van der Waals surface area contributed by atoms with E-state index in [0.29, 0.717) is 13.0 Å². The van der Waals surface area contributed by atoms with Crippen molar-refractivity contribution in [3.63, 3.8) is 0 Å². The monoisotopic (exact) mass is 667 g/mol. The Morgan fingerprint density at radius 1 is 0.975 bits per heavy atom. The molecule has 4 rings (SSSR count). The zero-order chi connectivity index (χ0) is 29.3. The molecule has 40 heavy (non-hydrogen) atoms. The number of para-hydroxylation sites is 2. The molecule has 9 nitrogen and oxygen atoms in total. The summed E-state index contributed by atoms with van der Waals surface area (Å²) in [4.78, 5) is 7.44. The normalized spacial score (nSPS) is 12.0. The Hall–Kier alpha value is 0.399. The van der Waals surface area contributed by atoms with Crippen LogP contribution in [0.3, 0.4) is 0 Å². The van der Waals surface area contributed by atoms with Crippen LogP contribution >= 0.6 is 10.7 Å². The Kier molecular flexibility index (Phi) is 38.2. The van der Waals surface area contributed by atoms with Gasteiger partial charge in [-0.05, 0) is 67.6 Å². The third-order valence-electron chi connectivity index (χ3n) is 4.64. The molecule has 0 saturated carbocycles. The molecular formula is C26H42Ar2ClN5O4S2-2. The van der Waals surface area contributed by atoms with Gasteiger partial charge in [-0.25, -0.2) is 4.72 Å². The van der Waals surface area contributed by atoms with Crippen molar-refractivity contribution in [1.82, 2.24) is 9.71 Å². The van der Waals surface area contributed by atoms with Crippen LogP contribution < -0.4 is 16.0 Å². The van der Waals surface area contributed by atoms with Gasteiger partial charge in [0.15, 0.2) is 0 Å². The van der Waals surface area contributed by atoms with E-state index in [4.69, 9.17) is 14.6 Å². The number of nitrogens with zero attached hydrogens (tertiary/aromatic N) is 1. The summed E-state index contributed by atoms with van der Waals surface area (Å²) < 4.78 is 40.6. The SMILES string of the molecule is CC.CC.CC1=NCCC1.Cc1[nH]c2ccccc2c1CCNS(=O)[O-].NNc1ccccc1.O=S([O-])Cl.[Ar].[Ar]. The van der Waals surface area contributed by atoms with E-state index in [9.17, 15) is 8.76 Å². The number of anilines is 1. The summed E-state index contributed by atoms with van der Waals surface area (Å²) in [6, 6.07) is 17.6. The number of halogens is 1. The van der Waals surface area contributed by atoms with Crippen LogP contribution in [0.4, 0.5) is 5.69 Å². The maximum Gasteiger partial charge on any atom is 0.0485 e. The van der Waals surface area contributed by atoms with Crippen molar-refractivity contribution in [2.75, 3.05) is 18.5 Å². The summed E-state index contributed by atoms with van der Waals surface area (Å²) >= 11 is -2.18. The zero-order valence-electron chi connectivity index (χ0n) is 23.8. The summed E-state index contributed by atoms with van der Waals surface area (Å²) in [6.45, 7) is 13.6. The minimum absolute atomic E-state index is 0. The molecule has 1 aliphatic rings. The number of aromatic amines is 1. The molecule has 2 atom stereocenters. The van der Waals surface area contributed by atoms with Gasteiger partial charge in [-0.15, -0.1) is 0 Å². The minimum atomic E-state index is -2.39. The number of hydrogen-bond donors (Lipinski definition) is 4. The molecular weight excluding hydrogens is 626 g/mol. The smallest absolute Gasteiger partial charge is 0.0485 e. The number of hydrogen-bond acceptors (Lipinski definition) is 7. The number of aryl methyl sites for hydroxylation is 1. The molecule has 0 aliphatic carbocycles. The van der Waals surface area contributed by atoms with E-state index in [1.807, 2.05) is 89.2 Å². The Bertz CT molecular complexity index is 1070. The van der Waals surface area contributed by atoms with Gasteiger partial charge in [-0.2, -0.15) is 0 Å². The number of nitrogen functional groups attached to an aromatic ring is 1. The van der Waals surface area contributed by atoms with Crippen LogP contribution in [0.5, 0.6) is 0 Å². The molecule has 1 aromatic heterocycles. The molecule has 3 aromatic rings. The Labute approximate surface area is 309 Å². The second-order valence-corrected chi connectivity index (χ2v) is 8.98. The topological polar surface area (TPSA) is 158 Å². The van der Waals surface area contributed by atoms with Crippen molar-refractivity contribution in [1.29, 1.82) is 0 Å². The van der Waals surface area contributed by atoms with Crippen LogP contribution in [0.15, 0.2) is 59.6 Å². The van der Waals surface area contributed by atoms with Crippen molar-refractivity contribution in [2.24, 2.45) is 10.8 Å². The molecule has 1 aliphatic heterocycles. The zero-order valence-corrected chi connectivity index (χ0v) is 27.6. The number of aliphatic imine (C=N–C) groups is 1. The molecule has 14 heteroatoms. The minimum Gasteiger partial charge on any atom is -0.760 e. The molecule has 2 aromatic carbocycles. The van der Waals surface area contributed by atoms with Gasteiger partial charge in [0.05, 0.1) is 0 Å². The Morgan fingerprint density at radius 3 is 1.90 bits per heavy atom. The van der Waals surface area contributed by atoms with Gasteiger partial charge in [0, 0.05) is 138 Å². The molecule has 5 N–H and O–H groups in total. The standard InChI is InChI=1S/C11H14N2O2S.C6H8N2.C5H9N.2C2H6.2Ar.ClHO2S/c1-8-9(6-7-12-16(14)15)10-4-2-3-5-11(10)13-8;7-8-6-4-2-1-3-5-6;1-5-3-2-4-6-5;2*1-2;;;1-4(2)3/h2-5,12-13H,6-7H2,1H3,(H,14,15);1-5,8H,7H2;2-4H2,1H3;2*1-2H3;;;(H,2,3)/p-2. The molecule has 0 spiro atoms. The second kappa shape index (κ2) is 32.3. The van der Waals surface area contributed by atoms with Gasteiger partial charge >= 0.3 is 0 Å². The quantitative estimate of drug-likeness (QED) is 0.118. The van der Waals surface area contributed by atoms with Crippen LogP contribution in [-0.4, -0.2) is 41.3 Å². The van der Waals surface area contributed by atoms with Crippen LogP contribution in [-0.2, 0) is 28.0 Å². The van der Waals surface area contributed by atoms with E-state index in [1.165, 1.54) is 29.5 Å². The van der Waals surface area contributed by atoms with E-state index in [0.717, 1.165) is 23.4 Å². The average molecular weight is 668 g/mol. The number of nitrogens with two attached hydrogens (primary N) is 1. The van der Waals surface area contributed by atoms with Gasteiger partial charge in [-0.3, -0.25) is 19.3 Å². The van der Waals surface area contributed by atoms with Crippen LogP contribution in [0.25, 0.3) is 10.9 Å². The molecule has 232 valence electrons. The molecule has 0 amide bonds. The van der Waals surface area contributed by atoms with Crippen molar-refractivity contribution >= 4 is 54.5 Å². The maximum atomic E-state index is 10.4. The number of fused-ring (bicyclic) bond motifs is 1. The molecule has 2 unspecified atom stereocenters. The van der Waals surface area contributed by atoms with Gasteiger partial charge in [0.2, 0.25) is 0 Å². The first-order valence-electron chi connectivity index (χ1n) is 12.4. The fraction of sp³-hybridized carbons (Fsp3) is 0.423. The number of H-pyrrole nitrogens is 1. The fourth-order valence-corrected chi connectivity index (χ4v) is 3.40. The van der Waals surface area contributed by atoms with Crippen molar-refractivity contribution in [2.45, 2.75) is 60.8 Å². The van der Waals surface area contributed by atoms with Crippen molar-refractivity contribution in [3.8, 4) is 0 Å². The third kappa shape index (κ3) is 24.9. The summed E-state index contributed by atoms with van der Waals surface area (Å²) in [5.74, 6) is 5.10. The van der Waals surface area contributed by atoms with Crippen LogP contribution in [0.2, 0.25) is 0 Å². The summed E-state index contributed by atoms with van der Waals surface area (Å²) in [5.41, 5.74) is 8.16. The predicted molar refractivity (Wildman–Crippen MR) is 163 cm³/mol. The third-order valence-corrected chi connectivity index (χ3v) is 5.08. The first-order valence-corrected chi connectivity index (χ1v) is 15.4. The Balaban J connectivity index is -0.000000229. The number of benzene rings is 2. The van der Waals surface area contributed by atoms with Crippen molar-refractivity contribution in [3.05, 3.63) is 65.9 Å². The van der Waals surface area contributed by atoms with Crippen LogP contribution in [0.1, 0.15) is 58.7 Å². The first-order chi connectivity index (χ1) is 18.2. The predicted octanol–water partition coefficient (Wildman–Crippen LogP) is 5.69. The number of rotatable bonds is 5. The van der Waals surface area contributed by atoms with Crippen LogP contribution in [0, 0.1) is 82.4 Å². The number of hydrazine groups is 1. The van der Waals surface area contributed by atoms with E-state index < -0.39 is 21.6 Å². The molecule has 2 heterocycles. The van der Waals surface area contributed by atoms with Gasteiger partial charge in [-0.1, -0.05) is 64.1 Å². The van der Waals surface area contributed by atoms with Gasteiger partial charge < -0.3 is 19.5 Å². The molecule has 0 bridgehead atoms. The summed E-state index contributed by atoms with van der Waals surface area (Å²) in [6.07, 6.45) is 3.22. The van der Waals surface area contributed by atoms with E-state index in [-0.39, 0.29) is 75.5 Å². The second-order valence-electron chi connectivity index (χ2n) is 7.08. The number of aromatic nitrogens is 1. The summed E-state index contributed by atoms with van der Waals surface area (Å²) in [5, 5.41) is 1.17. The first kappa shape index (κ1) is 47.3. The van der Waals surface area contributed by atoms with E-state index in [1.54, 1.807) is 0 Å². The van der Waals surface area contributed by atoms with Gasteiger partial charge in [0.1, 0.15) is 0 Å². The molecule has 0 fully saturated rings. The largest absolute Gasteiger partial charge is 0.760 e.